The molecular formula is C22H16N4O2S. The predicted octanol–water partition coefficient (Wildman–Crippen LogP) is 4.56. The van der Waals surface area contributed by atoms with Crippen LogP contribution in [0.3, 0.4) is 0 Å². The summed E-state index contributed by atoms with van der Waals surface area (Å²) in [4.78, 5) is 17.9. The summed E-state index contributed by atoms with van der Waals surface area (Å²) in [5.41, 5.74) is 12.2. The van der Waals surface area contributed by atoms with Gasteiger partial charge in [-0.3, -0.25) is 10.2 Å². The summed E-state index contributed by atoms with van der Waals surface area (Å²) in [5.74, 6) is 5.54. The van der Waals surface area contributed by atoms with Crippen LogP contribution >= 0.6 is 11.3 Å². The Kier molecular flexibility index (Phi) is 4.04. The van der Waals surface area contributed by atoms with Crippen molar-refractivity contribution in [3.05, 3.63) is 71.6 Å². The number of pyridine rings is 1. The van der Waals surface area contributed by atoms with Gasteiger partial charge in [0.15, 0.2) is 5.76 Å². The standard InChI is InChI=1S/C22H16N4O2S/c23-19-18-14(12-6-2-1-3-7-12)11-15(25-22(18)29-20(19)21(27)26-24)17-10-13-8-4-5-9-16(13)28-17/h1-11H,23-24H2,(H,26,27). The highest BCUT2D eigenvalue weighted by atomic mass is 32.1. The van der Waals surface area contributed by atoms with Crippen LogP contribution in [-0.4, -0.2) is 10.9 Å². The summed E-state index contributed by atoms with van der Waals surface area (Å²) < 4.78 is 6.01. The average molecular weight is 400 g/mol. The van der Waals surface area contributed by atoms with Crippen LogP contribution in [0.4, 0.5) is 5.69 Å². The van der Waals surface area contributed by atoms with Crippen LogP contribution in [0.15, 0.2) is 71.1 Å². The monoisotopic (exact) mass is 400 g/mol. The Bertz CT molecular complexity index is 1340. The third kappa shape index (κ3) is 2.84. The lowest BCUT2D eigenvalue weighted by atomic mass is 10.0. The topological polar surface area (TPSA) is 107 Å². The van der Waals surface area contributed by atoms with Gasteiger partial charge in [-0.2, -0.15) is 0 Å². The number of hydrazine groups is 1. The van der Waals surface area contributed by atoms with Gasteiger partial charge in [-0.1, -0.05) is 48.5 Å². The smallest absolute Gasteiger partial charge is 0.277 e. The number of furan rings is 1. The number of hydrogen-bond acceptors (Lipinski definition) is 6. The summed E-state index contributed by atoms with van der Waals surface area (Å²) in [5, 5.41) is 1.74. The van der Waals surface area contributed by atoms with Crippen molar-refractivity contribution in [1.82, 2.24) is 10.4 Å². The number of carbonyl (C=O) groups is 1. The molecule has 29 heavy (non-hydrogen) atoms. The maximum absolute atomic E-state index is 12.2. The Balaban J connectivity index is 1.81. The van der Waals surface area contributed by atoms with Crippen LogP contribution in [0.5, 0.6) is 0 Å². The molecule has 0 bridgehead atoms. The fourth-order valence-corrected chi connectivity index (χ4v) is 4.46. The molecule has 142 valence electrons. The van der Waals surface area contributed by atoms with Gasteiger partial charge in [0.2, 0.25) is 0 Å². The van der Waals surface area contributed by atoms with Crippen molar-refractivity contribution in [2.45, 2.75) is 0 Å². The molecule has 5 N–H and O–H groups in total. The van der Waals surface area contributed by atoms with Gasteiger partial charge in [0.25, 0.3) is 5.91 Å². The Morgan fingerprint density at radius 1 is 1.03 bits per heavy atom. The molecule has 0 unspecified atom stereocenters. The summed E-state index contributed by atoms with van der Waals surface area (Å²) in [6, 6.07) is 21.6. The molecule has 6 nitrogen and oxygen atoms in total. The predicted molar refractivity (Wildman–Crippen MR) is 116 cm³/mol. The van der Waals surface area contributed by atoms with Gasteiger partial charge in [0.05, 0.1) is 5.69 Å². The minimum Gasteiger partial charge on any atom is -0.454 e. The van der Waals surface area contributed by atoms with Crippen molar-refractivity contribution in [2.75, 3.05) is 5.73 Å². The first-order valence-electron chi connectivity index (χ1n) is 8.94. The molecule has 5 aromatic rings. The molecule has 5 rings (SSSR count). The van der Waals surface area contributed by atoms with Crippen molar-refractivity contribution < 1.29 is 9.21 Å². The van der Waals surface area contributed by atoms with E-state index in [9.17, 15) is 4.79 Å². The van der Waals surface area contributed by atoms with Crippen molar-refractivity contribution in [1.29, 1.82) is 0 Å². The van der Waals surface area contributed by atoms with E-state index in [0.717, 1.165) is 27.5 Å². The van der Waals surface area contributed by atoms with E-state index in [1.165, 1.54) is 11.3 Å². The van der Waals surface area contributed by atoms with Crippen LogP contribution in [0.25, 0.3) is 43.8 Å². The first-order valence-corrected chi connectivity index (χ1v) is 9.75. The molecule has 0 spiro atoms. The number of nitrogens with one attached hydrogen (secondary N) is 1. The Morgan fingerprint density at radius 3 is 2.55 bits per heavy atom. The zero-order valence-corrected chi connectivity index (χ0v) is 16.0. The zero-order chi connectivity index (χ0) is 20.0. The molecule has 0 fully saturated rings. The minimum absolute atomic E-state index is 0.342. The van der Waals surface area contributed by atoms with E-state index in [1.54, 1.807) is 0 Å². The number of aromatic nitrogens is 1. The summed E-state index contributed by atoms with van der Waals surface area (Å²) >= 11 is 1.21. The number of nitrogens with two attached hydrogens (primary N) is 2. The second-order valence-corrected chi connectivity index (χ2v) is 7.57. The van der Waals surface area contributed by atoms with Gasteiger partial charge in [-0.05, 0) is 29.3 Å². The van der Waals surface area contributed by atoms with Crippen LogP contribution in [0, 0.1) is 0 Å². The van der Waals surface area contributed by atoms with Crippen LogP contribution in [0.2, 0.25) is 0 Å². The number of hydrogen-bond donors (Lipinski definition) is 3. The Morgan fingerprint density at radius 2 is 1.79 bits per heavy atom. The third-order valence-electron chi connectivity index (χ3n) is 4.80. The number of nitrogens with zero attached hydrogens (tertiary/aromatic N) is 1. The zero-order valence-electron chi connectivity index (χ0n) is 15.2. The number of amides is 1. The number of para-hydroxylation sites is 1. The molecule has 0 atom stereocenters. The number of rotatable bonds is 3. The third-order valence-corrected chi connectivity index (χ3v) is 5.90. The van der Waals surface area contributed by atoms with Crippen LogP contribution < -0.4 is 17.0 Å². The van der Waals surface area contributed by atoms with Crippen molar-refractivity contribution in [3.8, 4) is 22.6 Å². The largest absolute Gasteiger partial charge is 0.454 e. The SMILES string of the molecule is NNC(=O)c1sc2nc(-c3cc4ccccc4o3)cc(-c3ccccc3)c2c1N. The number of thiophene rings is 1. The second kappa shape index (κ2) is 6.73. The van der Waals surface area contributed by atoms with Gasteiger partial charge < -0.3 is 10.2 Å². The fraction of sp³-hybridized carbons (Fsp3) is 0. The maximum Gasteiger partial charge on any atom is 0.277 e. The van der Waals surface area contributed by atoms with Gasteiger partial charge in [-0.15, -0.1) is 11.3 Å². The van der Waals surface area contributed by atoms with E-state index in [-0.39, 0.29) is 0 Å². The molecule has 1 amide bonds. The highest BCUT2D eigenvalue weighted by Gasteiger charge is 2.22. The summed E-state index contributed by atoms with van der Waals surface area (Å²) in [7, 11) is 0. The average Bonchev–Trinajstić information content (AvgIpc) is 3.34. The maximum atomic E-state index is 12.2. The number of nitrogen functional groups attached to an aromatic ring is 2. The fourth-order valence-electron chi connectivity index (χ4n) is 3.43. The molecular weight excluding hydrogens is 384 g/mol. The number of anilines is 1. The highest BCUT2D eigenvalue weighted by Crippen LogP contribution is 2.41. The molecule has 7 heteroatoms. The van der Waals surface area contributed by atoms with E-state index < -0.39 is 5.91 Å². The lowest BCUT2D eigenvalue weighted by Gasteiger charge is -2.07. The van der Waals surface area contributed by atoms with Gasteiger partial charge in [-0.25, -0.2) is 10.8 Å². The molecule has 0 aliphatic carbocycles. The molecule has 0 radical (unpaired) electrons. The highest BCUT2D eigenvalue weighted by molar-refractivity contribution is 7.21. The van der Waals surface area contributed by atoms with Crippen molar-refractivity contribution >= 4 is 44.1 Å². The molecule has 0 aliphatic heterocycles. The molecule has 0 aliphatic rings. The normalized spacial score (nSPS) is 11.2. The van der Waals surface area contributed by atoms with Crippen molar-refractivity contribution in [2.24, 2.45) is 5.84 Å². The first kappa shape index (κ1) is 17.4. The summed E-state index contributed by atoms with van der Waals surface area (Å²) in [6.45, 7) is 0. The summed E-state index contributed by atoms with van der Waals surface area (Å²) in [6.07, 6.45) is 0. The lowest BCUT2D eigenvalue weighted by Crippen LogP contribution is -2.29. The molecule has 0 saturated heterocycles. The quantitative estimate of drug-likeness (QED) is 0.234. The van der Waals surface area contributed by atoms with E-state index >= 15 is 0 Å². The Hall–Kier alpha value is -3.68. The number of fused-ring (bicyclic) bond motifs is 2. The van der Waals surface area contributed by atoms with E-state index in [0.29, 0.717) is 26.8 Å². The van der Waals surface area contributed by atoms with E-state index in [2.05, 4.69) is 5.43 Å². The van der Waals surface area contributed by atoms with Gasteiger partial charge in [0.1, 0.15) is 21.0 Å². The van der Waals surface area contributed by atoms with Crippen molar-refractivity contribution in [3.63, 3.8) is 0 Å². The number of carbonyl (C=O) groups excluding carboxylic acids is 1. The van der Waals surface area contributed by atoms with E-state index in [1.807, 2.05) is 66.7 Å². The van der Waals surface area contributed by atoms with Gasteiger partial charge in [0, 0.05) is 10.8 Å². The minimum atomic E-state index is -0.435. The van der Waals surface area contributed by atoms with Gasteiger partial charge >= 0.3 is 0 Å². The van der Waals surface area contributed by atoms with Crippen LogP contribution in [0.1, 0.15) is 9.67 Å². The molecule has 3 aromatic heterocycles. The number of benzene rings is 2. The molecule has 2 aromatic carbocycles. The molecule has 3 heterocycles. The van der Waals surface area contributed by atoms with Crippen LogP contribution in [-0.2, 0) is 0 Å². The molecule has 0 saturated carbocycles. The Labute approximate surface area is 169 Å². The van der Waals surface area contributed by atoms with E-state index in [4.69, 9.17) is 21.0 Å². The lowest BCUT2D eigenvalue weighted by molar-refractivity contribution is 0.0958. The second-order valence-electron chi connectivity index (χ2n) is 6.57. The first-order chi connectivity index (χ1) is 14.2.